The molecule has 0 amide bonds. The molecule has 2 aliphatic rings. The van der Waals surface area contributed by atoms with Crippen LogP contribution in [0.25, 0.3) is 0 Å². The fourth-order valence-electron chi connectivity index (χ4n) is 3.13. The highest BCUT2D eigenvalue weighted by molar-refractivity contribution is 5.22. The van der Waals surface area contributed by atoms with Gasteiger partial charge in [-0.3, -0.25) is 0 Å². The molecule has 0 saturated heterocycles. The maximum atomic E-state index is 2.41. The lowest BCUT2D eigenvalue weighted by Gasteiger charge is -2.30. The monoisotopic (exact) mass is 218 g/mol. The van der Waals surface area contributed by atoms with Crippen LogP contribution >= 0.6 is 0 Å². The highest BCUT2D eigenvalue weighted by atomic mass is 14.3. The van der Waals surface area contributed by atoms with Gasteiger partial charge in [-0.15, -0.1) is 0 Å². The van der Waals surface area contributed by atoms with E-state index >= 15 is 0 Å². The van der Waals surface area contributed by atoms with E-state index in [0.717, 1.165) is 23.7 Å². The molecule has 0 N–H and O–H groups in total. The van der Waals surface area contributed by atoms with Gasteiger partial charge in [-0.2, -0.15) is 0 Å². The zero-order valence-electron chi connectivity index (χ0n) is 11.1. The molecule has 0 radical (unpaired) electrons. The Morgan fingerprint density at radius 2 is 1.75 bits per heavy atom. The van der Waals surface area contributed by atoms with Crippen LogP contribution < -0.4 is 0 Å². The lowest BCUT2D eigenvalue weighted by atomic mass is 9.75. The number of hydrogen-bond donors (Lipinski definition) is 0. The molecule has 2 aliphatic carbocycles. The molecule has 2 rings (SSSR count). The normalized spacial score (nSPS) is 39.6. The van der Waals surface area contributed by atoms with Crippen LogP contribution in [0.3, 0.4) is 0 Å². The standard InChI is InChI=1S/C16H26/c1-12-7-9-15(10-8-12)11-16-6-4-5-13(2)14(16)3/h4-6,12-15H,7-11H2,1-3H3. The summed E-state index contributed by atoms with van der Waals surface area (Å²) >= 11 is 0. The summed E-state index contributed by atoms with van der Waals surface area (Å²) < 4.78 is 0. The van der Waals surface area contributed by atoms with Crippen LogP contribution in [-0.4, -0.2) is 0 Å². The van der Waals surface area contributed by atoms with Gasteiger partial charge in [0.1, 0.15) is 0 Å². The minimum Gasteiger partial charge on any atom is -0.0811 e. The van der Waals surface area contributed by atoms with Gasteiger partial charge < -0.3 is 0 Å². The summed E-state index contributed by atoms with van der Waals surface area (Å²) in [6.07, 6.45) is 14.2. The van der Waals surface area contributed by atoms with E-state index in [1.165, 1.54) is 32.1 Å². The molecular formula is C16H26. The maximum absolute atomic E-state index is 2.41. The second kappa shape index (κ2) is 5.21. The molecule has 90 valence electrons. The second-order valence-electron chi connectivity index (χ2n) is 6.10. The lowest BCUT2D eigenvalue weighted by molar-refractivity contribution is 0.281. The minimum absolute atomic E-state index is 0.738. The Morgan fingerprint density at radius 1 is 1.06 bits per heavy atom. The molecule has 0 heterocycles. The number of allylic oxidation sites excluding steroid dienone is 4. The molecule has 0 heteroatoms. The van der Waals surface area contributed by atoms with Crippen molar-refractivity contribution in [1.29, 1.82) is 0 Å². The van der Waals surface area contributed by atoms with E-state index in [4.69, 9.17) is 0 Å². The van der Waals surface area contributed by atoms with Crippen molar-refractivity contribution in [3.63, 3.8) is 0 Å². The van der Waals surface area contributed by atoms with Crippen LogP contribution in [0.15, 0.2) is 23.8 Å². The molecule has 0 nitrogen and oxygen atoms in total. The van der Waals surface area contributed by atoms with Crippen LogP contribution in [0.4, 0.5) is 0 Å². The van der Waals surface area contributed by atoms with Crippen LogP contribution in [0.1, 0.15) is 52.9 Å². The van der Waals surface area contributed by atoms with Crippen LogP contribution in [0, 0.1) is 23.7 Å². The van der Waals surface area contributed by atoms with Crippen molar-refractivity contribution in [2.75, 3.05) is 0 Å². The van der Waals surface area contributed by atoms with Gasteiger partial charge in [0, 0.05) is 0 Å². The van der Waals surface area contributed by atoms with Crippen molar-refractivity contribution in [3.8, 4) is 0 Å². The molecule has 0 aromatic rings. The predicted octanol–water partition coefficient (Wildman–Crippen LogP) is 4.97. The summed E-state index contributed by atoms with van der Waals surface area (Å²) in [5, 5.41) is 0. The Bertz CT molecular complexity index is 276. The van der Waals surface area contributed by atoms with Crippen LogP contribution in [-0.2, 0) is 0 Å². The molecule has 0 spiro atoms. The van der Waals surface area contributed by atoms with E-state index in [-0.39, 0.29) is 0 Å². The van der Waals surface area contributed by atoms with E-state index in [1.54, 1.807) is 5.57 Å². The third-order valence-electron chi connectivity index (χ3n) is 4.76. The average Bonchev–Trinajstić information content (AvgIpc) is 2.28. The molecule has 16 heavy (non-hydrogen) atoms. The van der Waals surface area contributed by atoms with E-state index in [1.807, 2.05) is 0 Å². The number of rotatable bonds is 2. The molecule has 1 saturated carbocycles. The third kappa shape index (κ3) is 2.78. The first-order valence-electron chi connectivity index (χ1n) is 7.04. The lowest BCUT2D eigenvalue weighted by Crippen LogP contribution is -2.17. The topological polar surface area (TPSA) is 0 Å². The molecule has 1 fully saturated rings. The highest BCUT2D eigenvalue weighted by Crippen LogP contribution is 2.36. The van der Waals surface area contributed by atoms with Gasteiger partial charge >= 0.3 is 0 Å². The Kier molecular flexibility index (Phi) is 3.89. The van der Waals surface area contributed by atoms with Gasteiger partial charge in [0.05, 0.1) is 0 Å². The minimum atomic E-state index is 0.738. The Labute approximate surface area is 101 Å². The van der Waals surface area contributed by atoms with Crippen molar-refractivity contribution in [3.05, 3.63) is 23.8 Å². The SMILES string of the molecule is CC1CCC(CC2=CC=CC(C)C2C)CC1. The zero-order valence-corrected chi connectivity index (χ0v) is 11.1. The van der Waals surface area contributed by atoms with E-state index in [2.05, 4.69) is 39.0 Å². The third-order valence-corrected chi connectivity index (χ3v) is 4.76. The van der Waals surface area contributed by atoms with E-state index in [0.29, 0.717) is 0 Å². The summed E-state index contributed by atoms with van der Waals surface area (Å²) in [5.41, 5.74) is 1.70. The molecule has 2 atom stereocenters. The average molecular weight is 218 g/mol. The smallest absolute Gasteiger partial charge is 0.0168 e. The Morgan fingerprint density at radius 3 is 2.44 bits per heavy atom. The summed E-state index contributed by atoms with van der Waals surface area (Å²) in [5.74, 6) is 3.46. The van der Waals surface area contributed by atoms with Gasteiger partial charge in [-0.25, -0.2) is 0 Å². The summed E-state index contributed by atoms with van der Waals surface area (Å²) in [6.45, 7) is 7.14. The molecule has 2 unspecified atom stereocenters. The van der Waals surface area contributed by atoms with Crippen molar-refractivity contribution >= 4 is 0 Å². The largest absolute Gasteiger partial charge is 0.0811 e. The van der Waals surface area contributed by atoms with Crippen molar-refractivity contribution in [2.24, 2.45) is 23.7 Å². The fourth-order valence-corrected chi connectivity index (χ4v) is 3.13. The molecule has 0 aromatic heterocycles. The Hall–Kier alpha value is -0.520. The summed E-state index contributed by atoms with van der Waals surface area (Å²) in [7, 11) is 0. The van der Waals surface area contributed by atoms with Crippen LogP contribution in [0.5, 0.6) is 0 Å². The first kappa shape index (κ1) is 12.0. The summed E-state index contributed by atoms with van der Waals surface area (Å²) in [6, 6.07) is 0. The Balaban J connectivity index is 1.89. The molecular weight excluding hydrogens is 192 g/mol. The zero-order chi connectivity index (χ0) is 11.5. The summed E-state index contributed by atoms with van der Waals surface area (Å²) in [4.78, 5) is 0. The van der Waals surface area contributed by atoms with Crippen LogP contribution in [0.2, 0.25) is 0 Å². The quantitative estimate of drug-likeness (QED) is 0.614. The predicted molar refractivity (Wildman–Crippen MR) is 71.3 cm³/mol. The second-order valence-corrected chi connectivity index (χ2v) is 6.10. The van der Waals surface area contributed by atoms with Gasteiger partial charge in [0.2, 0.25) is 0 Å². The molecule has 0 aromatic carbocycles. The van der Waals surface area contributed by atoms with Gasteiger partial charge in [0.15, 0.2) is 0 Å². The van der Waals surface area contributed by atoms with Crippen molar-refractivity contribution in [1.82, 2.24) is 0 Å². The van der Waals surface area contributed by atoms with Crippen molar-refractivity contribution < 1.29 is 0 Å². The fraction of sp³-hybridized carbons (Fsp3) is 0.750. The van der Waals surface area contributed by atoms with Gasteiger partial charge in [0.25, 0.3) is 0 Å². The van der Waals surface area contributed by atoms with E-state index < -0.39 is 0 Å². The van der Waals surface area contributed by atoms with E-state index in [9.17, 15) is 0 Å². The first-order valence-corrected chi connectivity index (χ1v) is 7.04. The maximum Gasteiger partial charge on any atom is -0.0168 e. The molecule has 0 aliphatic heterocycles. The van der Waals surface area contributed by atoms with Crippen molar-refractivity contribution in [2.45, 2.75) is 52.9 Å². The number of hydrogen-bond acceptors (Lipinski definition) is 0. The van der Waals surface area contributed by atoms with Gasteiger partial charge in [-0.05, 0) is 42.9 Å². The first-order chi connectivity index (χ1) is 7.66. The molecule has 0 bridgehead atoms. The van der Waals surface area contributed by atoms with Gasteiger partial charge in [-0.1, -0.05) is 57.4 Å². The highest BCUT2D eigenvalue weighted by Gasteiger charge is 2.23.